The second kappa shape index (κ2) is 8.26. The van der Waals surface area contributed by atoms with Crippen LogP contribution >= 0.6 is 0 Å². The Kier molecular flexibility index (Phi) is 6.09. The molecule has 0 saturated heterocycles. The zero-order chi connectivity index (χ0) is 17.5. The van der Waals surface area contributed by atoms with Crippen LogP contribution in [-0.2, 0) is 9.59 Å². The van der Waals surface area contributed by atoms with E-state index in [9.17, 15) is 14.7 Å². The van der Waals surface area contributed by atoms with Crippen LogP contribution in [0.3, 0.4) is 0 Å². The topological polar surface area (TPSA) is 78.4 Å². The summed E-state index contributed by atoms with van der Waals surface area (Å²) in [7, 11) is 0. The van der Waals surface area contributed by atoms with E-state index >= 15 is 0 Å². The van der Waals surface area contributed by atoms with Gasteiger partial charge in [0.1, 0.15) is 0 Å². The van der Waals surface area contributed by atoms with Crippen molar-refractivity contribution in [3.63, 3.8) is 0 Å². The van der Waals surface area contributed by atoms with Crippen LogP contribution in [0.15, 0.2) is 54.6 Å². The molecule has 2 amide bonds. The normalized spacial score (nSPS) is 13.0. The highest BCUT2D eigenvalue weighted by Crippen LogP contribution is 2.17. The van der Waals surface area contributed by atoms with Crippen molar-refractivity contribution in [2.24, 2.45) is 0 Å². The Balaban J connectivity index is 1.85. The van der Waals surface area contributed by atoms with Gasteiger partial charge in [-0.1, -0.05) is 42.5 Å². The molecule has 5 heteroatoms. The van der Waals surface area contributed by atoms with Gasteiger partial charge < -0.3 is 15.7 Å². The highest BCUT2D eigenvalue weighted by Gasteiger charge is 2.19. The van der Waals surface area contributed by atoms with Gasteiger partial charge in [-0.05, 0) is 43.5 Å². The van der Waals surface area contributed by atoms with E-state index in [1.165, 1.54) is 0 Å². The second-order valence-corrected chi connectivity index (χ2v) is 5.86. The van der Waals surface area contributed by atoms with Gasteiger partial charge in [-0.15, -0.1) is 0 Å². The van der Waals surface area contributed by atoms with Crippen LogP contribution in [0.5, 0.6) is 0 Å². The highest BCUT2D eigenvalue weighted by molar-refractivity contribution is 6.39. The highest BCUT2D eigenvalue weighted by atomic mass is 16.3. The lowest BCUT2D eigenvalue weighted by Crippen LogP contribution is -2.41. The molecule has 2 aromatic carbocycles. The van der Waals surface area contributed by atoms with Gasteiger partial charge in [0.05, 0.1) is 6.10 Å². The molecule has 126 valence electrons. The first-order valence-electron chi connectivity index (χ1n) is 7.87. The summed E-state index contributed by atoms with van der Waals surface area (Å²) >= 11 is 0. The van der Waals surface area contributed by atoms with Crippen LogP contribution in [-0.4, -0.2) is 23.0 Å². The third kappa shape index (κ3) is 5.21. The van der Waals surface area contributed by atoms with Gasteiger partial charge in [0.25, 0.3) is 0 Å². The fraction of sp³-hybridized carbons (Fsp3) is 0.263. The van der Waals surface area contributed by atoms with Gasteiger partial charge in [0.2, 0.25) is 0 Å². The Morgan fingerprint density at radius 1 is 1.04 bits per heavy atom. The summed E-state index contributed by atoms with van der Waals surface area (Å²) in [5.74, 6) is -1.44. The zero-order valence-corrected chi connectivity index (χ0v) is 13.8. The van der Waals surface area contributed by atoms with Gasteiger partial charge in [-0.3, -0.25) is 9.59 Å². The van der Waals surface area contributed by atoms with E-state index in [2.05, 4.69) is 10.6 Å². The second-order valence-electron chi connectivity index (χ2n) is 5.86. The summed E-state index contributed by atoms with van der Waals surface area (Å²) in [5.41, 5.74) is 2.35. The van der Waals surface area contributed by atoms with E-state index in [4.69, 9.17) is 0 Å². The molecule has 0 heterocycles. The number of carbonyl (C=O) groups is 2. The largest absolute Gasteiger partial charge is 0.388 e. The Hall–Kier alpha value is -2.66. The lowest BCUT2D eigenvalue weighted by atomic mass is 10.0. The van der Waals surface area contributed by atoms with E-state index in [1.807, 2.05) is 49.4 Å². The molecule has 2 aromatic rings. The number of aryl methyl sites for hydroxylation is 1. The number of nitrogens with one attached hydrogen (secondary N) is 2. The number of aliphatic hydroxyl groups is 1. The van der Waals surface area contributed by atoms with Crippen molar-refractivity contribution < 1.29 is 14.7 Å². The Morgan fingerprint density at radius 2 is 1.75 bits per heavy atom. The summed E-state index contributed by atoms with van der Waals surface area (Å²) in [6.07, 6.45) is -0.366. The van der Waals surface area contributed by atoms with Crippen molar-refractivity contribution >= 4 is 17.5 Å². The molecule has 2 rings (SSSR count). The Morgan fingerprint density at radius 3 is 2.42 bits per heavy atom. The molecule has 0 aliphatic rings. The molecule has 2 unspecified atom stereocenters. The number of rotatable bonds is 5. The van der Waals surface area contributed by atoms with Gasteiger partial charge in [0, 0.05) is 11.7 Å². The van der Waals surface area contributed by atoms with E-state index in [0.717, 1.165) is 11.1 Å². The SMILES string of the molecule is Cc1cccc(NC(=O)C(=O)NC(C)CC(O)c2ccccc2)c1. The third-order valence-electron chi connectivity index (χ3n) is 3.62. The first-order valence-corrected chi connectivity index (χ1v) is 7.87. The standard InChI is InChI=1S/C19H22N2O3/c1-13-7-6-10-16(11-13)21-19(24)18(23)20-14(2)12-17(22)15-8-4-3-5-9-15/h3-11,14,17,22H,12H2,1-2H3,(H,20,23)(H,21,24). The number of anilines is 1. The number of aliphatic hydroxyl groups excluding tert-OH is 1. The molecule has 0 aliphatic heterocycles. The molecule has 5 nitrogen and oxygen atoms in total. The summed E-state index contributed by atoms with van der Waals surface area (Å²) in [6.45, 7) is 3.66. The van der Waals surface area contributed by atoms with Crippen LogP contribution in [0.25, 0.3) is 0 Å². The first kappa shape index (κ1) is 17.7. The lowest BCUT2D eigenvalue weighted by Gasteiger charge is -2.18. The van der Waals surface area contributed by atoms with Crippen LogP contribution in [0.1, 0.15) is 30.6 Å². The maximum absolute atomic E-state index is 12.0. The van der Waals surface area contributed by atoms with Crippen molar-refractivity contribution in [1.29, 1.82) is 0 Å². The molecular weight excluding hydrogens is 304 g/mol. The maximum Gasteiger partial charge on any atom is 0.313 e. The monoisotopic (exact) mass is 326 g/mol. The molecule has 0 saturated carbocycles. The molecular formula is C19H22N2O3. The summed E-state index contributed by atoms with van der Waals surface area (Å²) < 4.78 is 0. The number of carbonyl (C=O) groups excluding carboxylic acids is 2. The number of hydrogen-bond acceptors (Lipinski definition) is 3. The summed E-state index contributed by atoms with van der Waals surface area (Å²) in [5, 5.41) is 15.3. The predicted octanol–water partition coefficient (Wildman–Crippen LogP) is 2.56. The minimum Gasteiger partial charge on any atom is -0.388 e. The zero-order valence-electron chi connectivity index (χ0n) is 13.8. The number of amides is 2. The number of benzene rings is 2. The fourth-order valence-electron chi connectivity index (χ4n) is 2.41. The quantitative estimate of drug-likeness (QED) is 0.739. The van der Waals surface area contributed by atoms with E-state index in [0.29, 0.717) is 12.1 Å². The average molecular weight is 326 g/mol. The van der Waals surface area contributed by atoms with Crippen molar-refractivity contribution in [1.82, 2.24) is 5.32 Å². The van der Waals surface area contributed by atoms with Crippen molar-refractivity contribution in [2.45, 2.75) is 32.4 Å². The molecule has 3 N–H and O–H groups in total. The molecule has 0 fully saturated rings. The molecule has 24 heavy (non-hydrogen) atoms. The van der Waals surface area contributed by atoms with Crippen molar-refractivity contribution in [3.05, 3.63) is 65.7 Å². The van der Waals surface area contributed by atoms with E-state index < -0.39 is 17.9 Å². The molecule has 0 aromatic heterocycles. The minimum atomic E-state index is -0.721. The molecule has 0 bridgehead atoms. The van der Waals surface area contributed by atoms with Crippen LogP contribution in [0, 0.1) is 6.92 Å². The summed E-state index contributed by atoms with van der Waals surface area (Å²) in [4.78, 5) is 23.9. The molecule has 2 atom stereocenters. The molecule has 0 radical (unpaired) electrons. The minimum absolute atomic E-state index is 0.327. The van der Waals surface area contributed by atoms with Gasteiger partial charge in [0.15, 0.2) is 0 Å². The maximum atomic E-state index is 12.0. The van der Waals surface area contributed by atoms with Crippen LogP contribution in [0.4, 0.5) is 5.69 Å². The van der Waals surface area contributed by atoms with Gasteiger partial charge in [-0.2, -0.15) is 0 Å². The molecule has 0 aliphatic carbocycles. The van der Waals surface area contributed by atoms with Crippen molar-refractivity contribution in [3.8, 4) is 0 Å². The van der Waals surface area contributed by atoms with E-state index in [-0.39, 0.29) is 6.04 Å². The Labute approximate surface area is 141 Å². The molecule has 0 spiro atoms. The average Bonchev–Trinajstić information content (AvgIpc) is 2.55. The third-order valence-corrected chi connectivity index (χ3v) is 3.62. The van der Waals surface area contributed by atoms with Crippen LogP contribution < -0.4 is 10.6 Å². The number of hydrogen-bond donors (Lipinski definition) is 3. The fourth-order valence-corrected chi connectivity index (χ4v) is 2.41. The summed E-state index contributed by atoms with van der Waals surface area (Å²) in [6, 6.07) is 16.1. The van der Waals surface area contributed by atoms with Crippen LogP contribution in [0.2, 0.25) is 0 Å². The van der Waals surface area contributed by atoms with Gasteiger partial charge >= 0.3 is 11.8 Å². The smallest absolute Gasteiger partial charge is 0.313 e. The van der Waals surface area contributed by atoms with E-state index in [1.54, 1.807) is 19.1 Å². The Bertz CT molecular complexity index is 701. The lowest BCUT2D eigenvalue weighted by molar-refractivity contribution is -0.136. The predicted molar refractivity (Wildman–Crippen MR) is 93.4 cm³/mol. The first-order chi connectivity index (χ1) is 11.5. The van der Waals surface area contributed by atoms with Gasteiger partial charge in [-0.25, -0.2) is 0 Å². The van der Waals surface area contributed by atoms with Crippen molar-refractivity contribution in [2.75, 3.05) is 5.32 Å².